The van der Waals surface area contributed by atoms with E-state index in [4.69, 9.17) is 14.2 Å². The van der Waals surface area contributed by atoms with E-state index in [0.29, 0.717) is 31.0 Å². The van der Waals surface area contributed by atoms with Gasteiger partial charge in [0.2, 0.25) is 0 Å². The minimum absolute atomic E-state index is 0.0352. The van der Waals surface area contributed by atoms with Crippen molar-refractivity contribution in [1.29, 1.82) is 0 Å². The zero-order chi connectivity index (χ0) is 20.9. The molecule has 0 radical (unpaired) electrons. The van der Waals surface area contributed by atoms with Crippen LogP contribution >= 0.6 is 0 Å². The quantitative estimate of drug-likeness (QED) is 0.320. The molecule has 6 rings (SSSR count). The maximum Gasteiger partial charge on any atom is 0.312 e. The Bertz CT molecular complexity index is 706. The zero-order valence-corrected chi connectivity index (χ0v) is 18.7. The number of esters is 2. The molecule has 0 amide bonds. The van der Waals surface area contributed by atoms with E-state index in [1.807, 2.05) is 0 Å². The lowest BCUT2D eigenvalue weighted by Crippen LogP contribution is -2.38. The summed E-state index contributed by atoms with van der Waals surface area (Å²) in [5.41, 5.74) is 0. The summed E-state index contributed by atoms with van der Waals surface area (Å²) < 4.78 is 17.1. The van der Waals surface area contributed by atoms with E-state index < -0.39 is 0 Å². The Kier molecular flexibility index (Phi) is 5.52. The third-order valence-corrected chi connectivity index (χ3v) is 10.3. The molecule has 0 spiro atoms. The minimum Gasteiger partial charge on any atom is -0.465 e. The van der Waals surface area contributed by atoms with Gasteiger partial charge in [-0.15, -0.1) is 0 Å². The smallest absolute Gasteiger partial charge is 0.312 e. The monoisotopic (exact) mass is 430 g/mol. The first kappa shape index (κ1) is 20.5. The summed E-state index contributed by atoms with van der Waals surface area (Å²) in [7, 11) is 0. The van der Waals surface area contributed by atoms with Gasteiger partial charge in [-0.25, -0.2) is 0 Å². The maximum atomic E-state index is 13.0. The third kappa shape index (κ3) is 3.83. The molecule has 0 aliphatic heterocycles. The van der Waals surface area contributed by atoms with Gasteiger partial charge >= 0.3 is 11.9 Å². The highest BCUT2D eigenvalue weighted by Gasteiger charge is 2.55. The van der Waals surface area contributed by atoms with Crippen LogP contribution in [0.5, 0.6) is 0 Å². The molecule has 0 aromatic rings. The molecule has 172 valence electrons. The van der Waals surface area contributed by atoms with Gasteiger partial charge in [-0.2, -0.15) is 0 Å². The van der Waals surface area contributed by atoms with Gasteiger partial charge in [0.25, 0.3) is 0 Å². The molecule has 0 saturated heterocycles. The fourth-order valence-electron chi connectivity index (χ4n) is 8.81. The lowest BCUT2D eigenvalue weighted by Gasteiger charge is -2.29. The first-order valence-corrected chi connectivity index (χ1v) is 13.1. The van der Waals surface area contributed by atoms with Gasteiger partial charge in [0.15, 0.2) is 6.79 Å². The molecule has 10 unspecified atom stereocenters. The standard InChI is InChI=1S/C26H38O5/c27-25(30-13-22-10-16-2-4-18(22)8-16)23-19-5-6-20(11-19)24(23)26(28)31-14-29-12-21-9-15-1-3-17(21)7-15/h15-24H,1-14H2. The number of hydrogen-bond donors (Lipinski definition) is 0. The van der Waals surface area contributed by atoms with Crippen molar-refractivity contribution in [3.8, 4) is 0 Å². The average Bonchev–Trinajstić information content (AvgIpc) is 3.61. The maximum absolute atomic E-state index is 13.0. The van der Waals surface area contributed by atoms with Gasteiger partial charge in [0.1, 0.15) is 0 Å². The molecule has 0 aromatic carbocycles. The SMILES string of the molecule is O=C(OCOCC1CC2CCC1C2)C1C2CCC(C2)C1C(=O)OCC1CC2CCC1C2. The van der Waals surface area contributed by atoms with Crippen LogP contribution in [0.2, 0.25) is 0 Å². The van der Waals surface area contributed by atoms with Gasteiger partial charge in [0, 0.05) is 0 Å². The van der Waals surface area contributed by atoms with Crippen molar-refractivity contribution < 1.29 is 23.8 Å². The fraction of sp³-hybridized carbons (Fsp3) is 0.923. The highest BCUT2D eigenvalue weighted by molar-refractivity contribution is 5.83. The summed E-state index contributed by atoms with van der Waals surface area (Å²) in [6.07, 6.45) is 13.6. The van der Waals surface area contributed by atoms with Crippen molar-refractivity contribution in [2.45, 2.75) is 70.6 Å². The molecule has 6 aliphatic rings. The number of rotatable bonds is 8. The largest absolute Gasteiger partial charge is 0.465 e. The van der Waals surface area contributed by atoms with Gasteiger partial charge in [-0.3, -0.25) is 9.59 Å². The number of ether oxygens (including phenoxy) is 3. The first-order valence-electron chi connectivity index (χ1n) is 13.1. The fourth-order valence-corrected chi connectivity index (χ4v) is 8.81. The first-order chi connectivity index (χ1) is 15.2. The molecule has 0 aromatic heterocycles. The molecule has 5 heteroatoms. The molecule has 10 atom stereocenters. The van der Waals surface area contributed by atoms with Crippen molar-refractivity contribution in [3.05, 3.63) is 0 Å². The predicted octanol–water partition coefficient (Wildman–Crippen LogP) is 4.58. The normalized spacial score (nSPS) is 46.7. The second-order valence-electron chi connectivity index (χ2n) is 11.8. The van der Waals surface area contributed by atoms with E-state index in [1.54, 1.807) is 0 Å². The molecular formula is C26H38O5. The van der Waals surface area contributed by atoms with Gasteiger partial charge in [0.05, 0.1) is 25.0 Å². The molecule has 6 aliphatic carbocycles. The summed E-state index contributed by atoms with van der Waals surface area (Å²) in [6, 6.07) is 0. The Morgan fingerprint density at radius 1 is 0.581 bits per heavy atom. The molecule has 0 heterocycles. The highest BCUT2D eigenvalue weighted by atomic mass is 16.7. The van der Waals surface area contributed by atoms with Crippen LogP contribution in [0.3, 0.4) is 0 Å². The van der Waals surface area contributed by atoms with Crippen LogP contribution in [-0.4, -0.2) is 31.9 Å². The van der Waals surface area contributed by atoms with Crippen LogP contribution in [-0.2, 0) is 23.8 Å². The lowest BCUT2D eigenvalue weighted by molar-refractivity contribution is -0.173. The van der Waals surface area contributed by atoms with E-state index in [1.165, 1.54) is 51.4 Å². The second-order valence-corrected chi connectivity index (χ2v) is 11.8. The predicted molar refractivity (Wildman–Crippen MR) is 114 cm³/mol. The Balaban J connectivity index is 0.985. The van der Waals surface area contributed by atoms with Crippen LogP contribution in [0, 0.1) is 59.2 Å². The van der Waals surface area contributed by atoms with E-state index in [9.17, 15) is 9.59 Å². The van der Waals surface area contributed by atoms with Crippen LogP contribution in [0.4, 0.5) is 0 Å². The lowest BCUT2D eigenvalue weighted by atomic mass is 9.79. The summed E-state index contributed by atoms with van der Waals surface area (Å²) in [4.78, 5) is 26.0. The number of fused-ring (bicyclic) bond motifs is 6. The van der Waals surface area contributed by atoms with E-state index in [0.717, 1.165) is 42.9 Å². The summed E-state index contributed by atoms with van der Waals surface area (Å²) in [5.74, 6) is 4.12. The Hall–Kier alpha value is -1.10. The van der Waals surface area contributed by atoms with E-state index >= 15 is 0 Å². The molecule has 6 fully saturated rings. The van der Waals surface area contributed by atoms with Crippen LogP contribution in [0.25, 0.3) is 0 Å². The van der Waals surface area contributed by atoms with Gasteiger partial charge < -0.3 is 14.2 Å². The number of carbonyl (C=O) groups is 2. The Morgan fingerprint density at radius 3 is 1.68 bits per heavy atom. The molecule has 5 nitrogen and oxygen atoms in total. The van der Waals surface area contributed by atoms with Gasteiger partial charge in [-0.05, 0) is 105 Å². The van der Waals surface area contributed by atoms with Crippen molar-refractivity contribution in [2.24, 2.45) is 59.2 Å². The average molecular weight is 431 g/mol. The summed E-state index contributed by atoms with van der Waals surface area (Å²) in [6.45, 7) is 1.30. The topological polar surface area (TPSA) is 61.8 Å². The van der Waals surface area contributed by atoms with Crippen LogP contribution < -0.4 is 0 Å². The molecule has 31 heavy (non-hydrogen) atoms. The van der Waals surface area contributed by atoms with E-state index in [-0.39, 0.29) is 36.5 Å². The third-order valence-electron chi connectivity index (χ3n) is 10.3. The van der Waals surface area contributed by atoms with Crippen molar-refractivity contribution in [1.82, 2.24) is 0 Å². The molecule has 6 bridgehead atoms. The number of carbonyl (C=O) groups excluding carboxylic acids is 2. The van der Waals surface area contributed by atoms with Crippen molar-refractivity contribution in [3.63, 3.8) is 0 Å². The summed E-state index contributed by atoms with van der Waals surface area (Å²) in [5, 5.41) is 0. The molecule has 0 N–H and O–H groups in total. The van der Waals surface area contributed by atoms with Crippen molar-refractivity contribution >= 4 is 11.9 Å². The van der Waals surface area contributed by atoms with Gasteiger partial charge in [-0.1, -0.05) is 12.8 Å². The Morgan fingerprint density at radius 2 is 1.13 bits per heavy atom. The van der Waals surface area contributed by atoms with Crippen LogP contribution in [0.1, 0.15) is 70.6 Å². The zero-order valence-electron chi connectivity index (χ0n) is 18.7. The molecule has 6 saturated carbocycles. The highest BCUT2D eigenvalue weighted by Crippen LogP contribution is 2.54. The number of hydrogen-bond acceptors (Lipinski definition) is 5. The Labute approximate surface area is 185 Å². The molecular weight excluding hydrogens is 392 g/mol. The van der Waals surface area contributed by atoms with Crippen LogP contribution in [0.15, 0.2) is 0 Å². The second kappa shape index (κ2) is 8.35. The van der Waals surface area contributed by atoms with E-state index in [2.05, 4.69) is 0 Å². The summed E-state index contributed by atoms with van der Waals surface area (Å²) >= 11 is 0. The van der Waals surface area contributed by atoms with Crippen molar-refractivity contribution in [2.75, 3.05) is 20.0 Å². The minimum atomic E-state index is -0.322.